The van der Waals surface area contributed by atoms with Gasteiger partial charge in [0.2, 0.25) is 0 Å². The van der Waals surface area contributed by atoms with Gasteiger partial charge in [-0.15, -0.1) is 0 Å². The first kappa shape index (κ1) is 27.9. The molecule has 4 heteroatoms. The van der Waals surface area contributed by atoms with E-state index in [0.717, 1.165) is 60.8 Å². The molecule has 3 aromatic heterocycles. The summed E-state index contributed by atoms with van der Waals surface area (Å²) in [6.07, 6.45) is 6.31. The number of aromatic nitrogens is 2. The Morgan fingerprint density at radius 3 is 2.12 bits per heavy atom. The normalized spacial score (nSPS) is 15.0. The Morgan fingerprint density at radius 1 is 0.480 bits per heavy atom. The summed E-state index contributed by atoms with van der Waals surface area (Å²) in [7, 11) is 0. The molecule has 0 atom stereocenters. The minimum Gasteiger partial charge on any atom is -0.455 e. The number of rotatable bonds is 3. The molecule has 1 saturated carbocycles. The van der Waals surface area contributed by atoms with E-state index in [-0.39, 0.29) is 5.41 Å². The van der Waals surface area contributed by atoms with Crippen LogP contribution in [0, 0.1) is 0 Å². The van der Waals surface area contributed by atoms with Gasteiger partial charge in [0.25, 0.3) is 0 Å². The van der Waals surface area contributed by atoms with Crippen LogP contribution < -0.4 is 0 Å². The lowest BCUT2D eigenvalue weighted by Gasteiger charge is -2.36. The van der Waals surface area contributed by atoms with Crippen molar-refractivity contribution in [1.82, 2.24) is 9.97 Å². The van der Waals surface area contributed by atoms with Crippen molar-refractivity contribution in [2.45, 2.75) is 37.5 Å². The number of nitrogens with zero attached hydrogens (tertiary/aromatic N) is 2. The first-order valence-electron chi connectivity index (χ1n) is 17.7. The van der Waals surface area contributed by atoms with Crippen LogP contribution in [0.15, 0.2) is 142 Å². The van der Waals surface area contributed by atoms with Crippen molar-refractivity contribution < 1.29 is 8.83 Å². The Hall–Kier alpha value is -6.00. The Bertz CT molecular complexity index is 2800. The summed E-state index contributed by atoms with van der Waals surface area (Å²) in [5, 5.41) is 3.17. The van der Waals surface area contributed by atoms with E-state index in [1.54, 1.807) is 0 Å². The largest absolute Gasteiger partial charge is 0.455 e. The van der Waals surface area contributed by atoms with Gasteiger partial charge >= 0.3 is 0 Å². The third-order valence-electron chi connectivity index (χ3n) is 11.3. The SMILES string of the molecule is c1ccc(-c2nc(-c3ccc4c(c3)oc3c(-c5cccc6c5-c5ccccc5C65CCCCC5)cccc34)nc3c2oc2ccccc23)cc1. The van der Waals surface area contributed by atoms with Crippen molar-refractivity contribution in [3.63, 3.8) is 0 Å². The Kier molecular flexibility index (Phi) is 5.86. The molecule has 0 saturated heterocycles. The highest BCUT2D eigenvalue weighted by Crippen LogP contribution is 2.58. The molecule has 0 aliphatic heterocycles. The molecule has 1 fully saturated rings. The van der Waals surface area contributed by atoms with Crippen molar-refractivity contribution in [2.24, 2.45) is 0 Å². The second-order valence-electron chi connectivity index (χ2n) is 13.9. The zero-order valence-electron chi connectivity index (χ0n) is 27.4. The molecule has 2 aliphatic rings. The van der Waals surface area contributed by atoms with Crippen molar-refractivity contribution in [3.8, 4) is 44.9 Å². The molecule has 0 bridgehead atoms. The quantitative estimate of drug-likeness (QED) is 0.192. The van der Waals surface area contributed by atoms with E-state index in [0.29, 0.717) is 11.4 Å². The molecular weight excluding hydrogens is 613 g/mol. The Balaban J connectivity index is 1.10. The molecule has 50 heavy (non-hydrogen) atoms. The second-order valence-corrected chi connectivity index (χ2v) is 13.9. The maximum Gasteiger partial charge on any atom is 0.180 e. The van der Waals surface area contributed by atoms with Gasteiger partial charge in [0, 0.05) is 38.3 Å². The van der Waals surface area contributed by atoms with E-state index in [2.05, 4.69) is 97.1 Å². The van der Waals surface area contributed by atoms with Crippen LogP contribution in [0.5, 0.6) is 0 Å². The van der Waals surface area contributed by atoms with E-state index in [1.165, 1.54) is 59.9 Å². The average molecular weight is 645 g/mol. The van der Waals surface area contributed by atoms with Crippen molar-refractivity contribution in [3.05, 3.63) is 145 Å². The molecule has 0 radical (unpaired) electrons. The number of para-hydroxylation sites is 2. The predicted octanol–water partition coefficient (Wildman–Crippen LogP) is 12.5. The fourth-order valence-electron chi connectivity index (χ4n) is 9.08. The average Bonchev–Trinajstić information content (AvgIpc) is 3.83. The van der Waals surface area contributed by atoms with Crippen LogP contribution in [0.25, 0.3) is 88.9 Å². The number of hydrogen-bond donors (Lipinski definition) is 0. The number of furan rings is 2. The first-order valence-corrected chi connectivity index (χ1v) is 17.7. The maximum atomic E-state index is 6.87. The van der Waals surface area contributed by atoms with Gasteiger partial charge in [0.1, 0.15) is 28.0 Å². The van der Waals surface area contributed by atoms with E-state index in [9.17, 15) is 0 Å². The van der Waals surface area contributed by atoms with Crippen LogP contribution in [0.3, 0.4) is 0 Å². The van der Waals surface area contributed by atoms with Crippen LogP contribution in [0.4, 0.5) is 0 Å². The lowest BCUT2D eigenvalue weighted by Crippen LogP contribution is -2.27. The van der Waals surface area contributed by atoms with E-state index in [1.807, 2.05) is 36.4 Å². The standard InChI is InChI=1S/C46H32N2O2/c1-3-13-28(14-4-1)41-44-42(35-16-6-8-22-38(35)49-44)48-45(47-41)29-23-24-30-32-18-11-19-33(43(32)50-39(30)27-29)31-17-12-21-37-40(31)34-15-5-7-20-36(34)46(37)25-9-2-10-26-46/h1,3-8,11-24,27H,2,9-10,25-26H2. The monoisotopic (exact) mass is 644 g/mol. The highest BCUT2D eigenvalue weighted by atomic mass is 16.3. The van der Waals surface area contributed by atoms with Crippen LogP contribution >= 0.6 is 0 Å². The number of hydrogen-bond acceptors (Lipinski definition) is 4. The fraction of sp³-hybridized carbons (Fsp3) is 0.130. The second kappa shape index (κ2) is 10.5. The van der Waals surface area contributed by atoms with Gasteiger partial charge in [-0.1, -0.05) is 128 Å². The molecular formula is C46H32N2O2. The molecule has 11 rings (SSSR count). The summed E-state index contributed by atoms with van der Waals surface area (Å²) >= 11 is 0. The lowest BCUT2D eigenvalue weighted by atomic mass is 9.68. The third-order valence-corrected chi connectivity index (χ3v) is 11.3. The minimum atomic E-state index is 0.108. The van der Waals surface area contributed by atoms with E-state index < -0.39 is 0 Å². The zero-order valence-corrected chi connectivity index (χ0v) is 27.4. The van der Waals surface area contributed by atoms with E-state index in [4.69, 9.17) is 18.8 Å². The molecule has 0 unspecified atom stereocenters. The summed E-state index contributed by atoms with van der Waals surface area (Å²) in [5.74, 6) is 0.640. The maximum absolute atomic E-state index is 6.87. The summed E-state index contributed by atoms with van der Waals surface area (Å²) in [6, 6.07) is 47.3. The van der Waals surface area contributed by atoms with Gasteiger partial charge in [0.15, 0.2) is 11.4 Å². The smallest absolute Gasteiger partial charge is 0.180 e. The van der Waals surface area contributed by atoms with Gasteiger partial charge in [-0.25, -0.2) is 9.97 Å². The van der Waals surface area contributed by atoms with Crippen LogP contribution in [-0.4, -0.2) is 9.97 Å². The van der Waals surface area contributed by atoms with Crippen LogP contribution in [-0.2, 0) is 5.41 Å². The summed E-state index contributed by atoms with van der Waals surface area (Å²) < 4.78 is 13.2. The van der Waals surface area contributed by atoms with Crippen molar-refractivity contribution in [2.75, 3.05) is 0 Å². The summed E-state index contributed by atoms with van der Waals surface area (Å²) in [5.41, 5.74) is 14.9. The Morgan fingerprint density at radius 2 is 1.20 bits per heavy atom. The summed E-state index contributed by atoms with van der Waals surface area (Å²) in [4.78, 5) is 10.2. The molecule has 238 valence electrons. The molecule has 6 aromatic carbocycles. The third kappa shape index (κ3) is 3.87. The predicted molar refractivity (Wildman–Crippen MR) is 202 cm³/mol. The van der Waals surface area contributed by atoms with Crippen molar-refractivity contribution in [1.29, 1.82) is 0 Å². The molecule has 4 nitrogen and oxygen atoms in total. The molecule has 9 aromatic rings. The first-order chi connectivity index (χ1) is 24.8. The Labute approximate surface area is 289 Å². The zero-order chi connectivity index (χ0) is 32.8. The van der Waals surface area contributed by atoms with Crippen LogP contribution in [0.2, 0.25) is 0 Å². The number of benzene rings is 6. The summed E-state index contributed by atoms with van der Waals surface area (Å²) in [6.45, 7) is 0. The van der Waals surface area contributed by atoms with Gasteiger partial charge in [-0.2, -0.15) is 0 Å². The van der Waals surface area contributed by atoms with Gasteiger partial charge in [-0.05, 0) is 64.9 Å². The van der Waals surface area contributed by atoms with Crippen molar-refractivity contribution >= 4 is 44.0 Å². The lowest BCUT2D eigenvalue weighted by molar-refractivity contribution is 0.353. The van der Waals surface area contributed by atoms with Gasteiger partial charge in [0.05, 0.1) is 0 Å². The highest BCUT2D eigenvalue weighted by Gasteiger charge is 2.44. The molecule has 1 spiro atoms. The topological polar surface area (TPSA) is 52.1 Å². The number of fused-ring (bicyclic) bond motifs is 11. The van der Waals surface area contributed by atoms with Gasteiger partial charge < -0.3 is 8.83 Å². The molecule has 0 N–H and O–H groups in total. The van der Waals surface area contributed by atoms with Gasteiger partial charge in [-0.3, -0.25) is 0 Å². The fourth-order valence-corrected chi connectivity index (χ4v) is 9.08. The minimum absolute atomic E-state index is 0.108. The highest BCUT2D eigenvalue weighted by molar-refractivity contribution is 6.12. The van der Waals surface area contributed by atoms with E-state index >= 15 is 0 Å². The molecule has 3 heterocycles. The molecule has 0 amide bonds. The van der Waals surface area contributed by atoms with Crippen LogP contribution in [0.1, 0.15) is 43.2 Å². The molecule has 2 aliphatic carbocycles.